The molecule has 1 unspecified atom stereocenters. The minimum absolute atomic E-state index is 0.0602. The second-order valence-corrected chi connectivity index (χ2v) is 5.71. The molecule has 2 heterocycles. The molecule has 0 aromatic carbocycles. The summed E-state index contributed by atoms with van der Waals surface area (Å²) in [6.07, 6.45) is -5.24. The lowest BCUT2D eigenvalue weighted by Gasteiger charge is -2.17. The molecule has 2 rings (SSSR count). The molecule has 1 amide bonds. The van der Waals surface area contributed by atoms with E-state index in [-0.39, 0.29) is 29.4 Å². The van der Waals surface area contributed by atoms with Gasteiger partial charge in [0, 0.05) is 25.2 Å². The van der Waals surface area contributed by atoms with Crippen LogP contribution in [0.1, 0.15) is 39.0 Å². The summed E-state index contributed by atoms with van der Waals surface area (Å²) < 4.78 is 43.5. The van der Waals surface area contributed by atoms with Crippen LogP contribution in [0.5, 0.6) is 5.88 Å². The largest absolute Gasteiger partial charge is 0.477 e. The summed E-state index contributed by atoms with van der Waals surface area (Å²) in [7, 11) is 1.46. The summed E-state index contributed by atoms with van der Waals surface area (Å²) in [5.74, 6) is -2.00. The van der Waals surface area contributed by atoms with Crippen molar-refractivity contribution < 1.29 is 32.6 Å². The summed E-state index contributed by atoms with van der Waals surface area (Å²) in [6, 6.07) is 2.45. The lowest BCUT2D eigenvalue weighted by Crippen LogP contribution is -2.31. The Morgan fingerprint density at radius 2 is 2.04 bits per heavy atom. The molecule has 0 aliphatic carbocycles. The number of pyridine rings is 1. The molecule has 0 bridgehead atoms. The van der Waals surface area contributed by atoms with Crippen molar-refractivity contribution in [1.82, 2.24) is 20.1 Å². The van der Waals surface area contributed by atoms with Gasteiger partial charge in [0.2, 0.25) is 5.88 Å². The molecule has 11 heteroatoms. The van der Waals surface area contributed by atoms with Crippen LogP contribution in [0.25, 0.3) is 0 Å². The van der Waals surface area contributed by atoms with Crippen LogP contribution in [-0.2, 0) is 13.6 Å². The number of carbonyl (C=O) groups is 2. The molecule has 27 heavy (non-hydrogen) atoms. The van der Waals surface area contributed by atoms with Crippen LogP contribution in [0.3, 0.4) is 0 Å². The van der Waals surface area contributed by atoms with Gasteiger partial charge < -0.3 is 15.2 Å². The topological polar surface area (TPSA) is 106 Å². The molecule has 1 atom stereocenters. The third kappa shape index (κ3) is 4.74. The summed E-state index contributed by atoms with van der Waals surface area (Å²) >= 11 is 0. The molecule has 2 aromatic rings. The molecule has 0 saturated heterocycles. The Kier molecular flexibility index (Phi) is 5.72. The number of carbonyl (C=O) groups excluding carboxylic acids is 1. The molecule has 8 nitrogen and oxygen atoms in total. The van der Waals surface area contributed by atoms with Gasteiger partial charge in [-0.05, 0) is 19.9 Å². The zero-order valence-electron chi connectivity index (χ0n) is 14.7. The summed E-state index contributed by atoms with van der Waals surface area (Å²) in [5.41, 5.74) is 0.546. The van der Waals surface area contributed by atoms with E-state index in [2.05, 4.69) is 15.4 Å². The predicted molar refractivity (Wildman–Crippen MR) is 86.5 cm³/mol. The van der Waals surface area contributed by atoms with Crippen molar-refractivity contribution in [3.8, 4) is 5.88 Å². The van der Waals surface area contributed by atoms with Gasteiger partial charge in [0.1, 0.15) is 0 Å². The average Bonchev–Trinajstić information content (AvgIpc) is 2.92. The Morgan fingerprint density at radius 3 is 2.59 bits per heavy atom. The van der Waals surface area contributed by atoms with Crippen molar-refractivity contribution in [2.45, 2.75) is 32.7 Å². The number of carboxylic acids is 1. The minimum atomic E-state index is -4.53. The van der Waals surface area contributed by atoms with E-state index in [0.29, 0.717) is 5.56 Å². The third-order valence-corrected chi connectivity index (χ3v) is 3.72. The van der Waals surface area contributed by atoms with Crippen molar-refractivity contribution >= 4 is 11.9 Å². The minimum Gasteiger partial charge on any atom is -0.477 e. The molecule has 0 aliphatic rings. The lowest BCUT2D eigenvalue weighted by atomic mass is 10.2. The Bertz CT molecular complexity index is 864. The first-order valence-electron chi connectivity index (χ1n) is 7.74. The molecule has 0 saturated carbocycles. The quantitative estimate of drug-likeness (QED) is 0.787. The van der Waals surface area contributed by atoms with Gasteiger partial charge in [0.15, 0.2) is 11.8 Å². The van der Waals surface area contributed by atoms with E-state index in [4.69, 9.17) is 9.84 Å². The van der Waals surface area contributed by atoms with Gasteiger partial charge in [-0.15, -0.1) is 0 Å². The number of halogens is 3. The summed E-state index contributed by atoms with van der Waals surface area (Å²) in [4.78, 5) is 27.3. The second kappa shape index (κ2) is 7.64. The van der Waals surface area contributed by atoms with E-state index in [1.807, 2.05) is 0 Å². The molecule has 2 N–H and O–H groups in total. The first-order chi connectivity index (χ1) is 12.5. The highest BCUT2D eigenvalue weighted by Gasteiger charge is 2.38. The maximum Gasteiger partial charge on any atom is 0.425 e. The number of aromatic nitrogens is 3. The fourth-order valence-electron chi connectivity index (χ4n) is 2.25. The second-order valence-electron chi connectivity index (χ2n) is 5.71. The molecular formula is C16H17F3N4O4. The van der Waals surface area contributed by atoms with E-state index >= 15 is 0 Å². The van der Waals surface area contributed by atoms with E-state index in [1.165, 1.54) is 30.9 Å². The normalized spacial score (nSPS) is 12.5. The number of hydrogen-bond donors (Lipinski definition) is 2. The SMILES string of the molecule is Cc1nc(OC(C)C(F)(F)F)ccc1C(=O)NCc1cnn(C)c1C(=O)O. The number of amides is 1. The number of nitrogens with one attached hydrogen (secondary N) is 1. The van der Waals surface area contributed by atoms with E-state index < -0.39 is 24.2 Å². The Morgan fingerprint density at radius 1 is 1.37 bits per heavy atom. The van der Waals surface area contributed by atoms with E-state index in [0.717, 1.165) is 13.0 Å². The number of aryl methyl sites for hydroxylation is 2. The first-order valence-corrected chi connectivity index (χ1v) is 7.74. The van der Waals surface area contributed by atoms with Crippen molar-refractivity contribution in [1.29, 1.82) is 0 Å². The van der Waals surface area contributed by atoms with Gasteiger partial charge in [0.25, 0.3) is 5.91 Å². The van der Waals surface area contributed by atoms with Crippen LogP contribution in [0.2, 0.25) is 0 Å². The van der Waals surface area contributed by atoms with Gasteiger partial charge in [-0.1, -0.05) is 0 Å². The fourth-order valence-corrected chi connectivity index (χ4v) is 2.25. The number of alkyl halides is 3. The predicted octanol–water partition coefficient (Wildman–Crippen LogP) is 2.08. The number of ether oxygens (including phenoxy) is 1. The zero-order chi connectivity index (χ0) is 20.4. The molecular weight excluding hydrogens is 369 g/mol. The molecule has 0 radical (unpaired) electrons. The highest BCUT2D eigenvalue weighted by atomic mass is 19.4. The monoisotopic (exact) mass is 386 g/mol. The Hall–Kier alpha value is -3.11. The first kappa shape index (κ1) is 20.2. The van der Waals surface area contributed by atoms with Crippen LogP contribution in [0, 0.1) is 6.92 Å². The maximum atomic E-state index is 12.5. The molecule has 2 aromatic heterocycles. The van der Waals surface area contributed by atoms with Crippen LogP contribution in [0.15, 0.2) is 18.3 Å². The number of rotatable bonds is 6. The van der Waals surface area contributed by atoms with E-state index in [1.54, 1.807) is 0 Å². The van der Waals surface area contributed by atoms with Gasteiger partial charge in [0.05, 0.1) is 17.5 Å². The Balaban J connectivity index is 2.08. The van der Waals surface area contributed by atoms with Crippen molar-refractivity contribution in [3.05, 3.63) is 40.8 Å². The fraction of sp³-hybridized carbons (Fsp3) is 0.375. The van der Waals surface area contributed by atoms with Crippen LogP contribution >= 0.6 is 0 Å². The third-order valence-electron chi connectivity index (χ3n) is 3.72. The number of carboxylic acid groups (broad SMARTS) is 1. The number of hydrogen-bond acceptors (Lipinski definition) is 5. The standard InChI is InChI=1S/C16H17F3N4O4/c1-8-11(4-5-12(22-8)27-9(2)16(17,18)19)14(24)20-6-10-7-21-23(3)13(10)15(25)26/h4-5,7,9H,6H2,1-3H3,(H,20,24)(H,25,26). The van der Waals surface area contributed by atoms with Crippen LogP contribution in [0.4, 0.5) is 13.2 Å². The van der Waals surface area contributed by atoms with Gasteiger partial charge in [-0.25, -0.2) is 9.78 Å². The van der Waals surface area contributed by atoms with Crippen LogP contribution in [-0.4, -0.2) is 44.0 Å². The molecule has 0 spiro atoms. The Labute approximate surface area is 152 Å². The lowest BCUT2D eigenvalue weighted by molar-refractivity contribution is -0.190. The van der Waals surface area contributed by atoms with Crippen molar-refractivity contribution in [3.63, 3.8) is 0 Å². The van der Waals surface area contributed by atoms with Gasteiger partial charge in [-0.2, -0.15) is 18.3 Å². The van der Waals surface area contributed by atoms with Crippen LogP contribution < -0.4 is 10.1 Å². The van der Waals surface area contributed by atoms with Gasteiger partial charge >= 0.3 is 12.1 Å². The smallest absolute Gasteiger partial charge is 0.425 e. The zero-order valence-corrected chi connectivity index (χ0v) is 14.7. The number of nitrogens with zero attached hydrogens (tertiary/aromatic N) is 3. The maximum absolute atomic E-state index is 12.5. The molecule has 146 valence electrons. The highest BCUT2D eigenvalue weighted by Crippen LogP contribution is 2.24. The number of aromatic carboxylic acids is 1. The highest BCUT2D eigenvalue weighted by molar-refractivity contribution is 5.95. The summed E-state index contributed by atoms with van der Waals surface area (Å²) in [5, 5.41) is 15.5. The molecule has 0 aliphatic heterocycles. The summed E-state index contributed by atoms with van der Waals surface area (Å²) in [6.45, 7) is 2.22. The van der Waals surface area contributed by atoms with Gasteiger partial charge in [-0.3, -0.25) is 9.48 Å². The van der Waals surface area contributed by atoms with E-state index in [9.17, 15) is 22.8 Å². The average molecular weight is 386 g/mol. The van der Waals surface area contributed by atoms with Crippen molar-refractivity contribution in [2.75, 3.05) is 0 Å². The molecule has 0 fully saturated rings. The van der Waals surface area contributed by atoms with Crippen molar-refractivity contribution in [2.24, 2.45) is 7.05 Å².